The molecule has 1 amide bonds. The topological polar surface area (TPSA) is 93.7 Å². The molecule has 2 aromatic carbocycles. The van der Waals surface area contributed by atoms with Crippen LogP contribution in [0.3, 0.4) is 0 Å². The molecule has 0 heterocycles. The van der Waals surface area contributed by atoms with Crippen molar-refractivity contribution in [2.45, 2.75) is 57.8 Å². The molecule has 2 N–H and O–H groups in total. The van der Waals surface area contributed by atoms with Crippen molar-refractivity contribution in [3.05, 3.63) is 53.6 Å². The molecule has 0 aliphatic carbocycles. The van der Waals surface area contributed by atoms with Gasteiger partial charge in [0.15, 0.2) is 11.5 Å². The zero-order valence-electron chi connectivity index (χ0n) is 20.2. The fraction of sp³-hybridized carbons (Fsp3) is 0.480. The van der Waals surface area contributed by atoms with Crippen LogP contribution in [0, 0.1) is 0 Å². The summed E-state index contributed by atoms with van der Waals surface area (Å²) >= 11 is 0. The first-order valence-corrected chi connectivity index (χ1v) is 12.8. The van der Waals surface area contributed by atoms with E-state index in [2.05, 4.69) is 30.8 Å². The van der Waals surface area contributed by atoms with Crippen LogP contribution in [0.15, 0.2) is 47.4 Å². The van der Waals surface area contributed by atoms with Crippen LogP contribution in [0.4, 0.5) is 0 Å². The van der Waals surface area contributed by atoms with Crippen molar-refractivity contribution in [1.82, 2.24) is 10.0 Å². The minimum atomic E-state index is -3.66. The van der Waals surface area contributed by atoms with Crippen LogP contribution in [0.25, 0.3) is 0 Å². The van der Waals surface area contributed by atoms with Gasteiger partial charge in [0.2, 0.25) is 15.9 Å². The monoisotopic (exact) mass is 476 g/mol. The smallest absolute Gasteiger partial charge is 0.240 e. The first-order valence-electron chi connectivity index (χ1n) is 11.3. The van der Waals surface area contributed by atoms with Gasteiger partial charge in [0, 0.05) is 19.5 Å². The van der Waals surface area contributed by atoms with E-state index >= 15 is 0 Å². The summed E-state index contributed by atoms with van der Waals surface area (Å²) < 4.78 is 38.6. The highest BCUT2D eigenvalue weighted by molar-refractivity contribution is 7.89. The summed E-state index contributed by atoms with van der Waals surface area (Å²) in [7, 11) is -3.66. The maximum atomic E-state index is 12.5. The van der Waals surface area contributed by atoms with E-state index in [9.17, 15) is 13.2 Å². The average molecular weight is 477 g/mol. The lowest BCUT2D eigenvalue weighted by Gasteiger charge is -2.19. The third-order valence-electron chi connectivity index (χ3n) is 5.02. The van der Waals surface area contributed by atoms with Crippen LogP contribution < -0.4 is 19.5 Å². The summed E-state index contributed by atoms with van der Waals surface area (Å²) in [5, 5.41) is 2.83. The molecule has 8 heteroatoms. The fourth-order valence-corrected chi connectivity index (χ4v) is 4.23. The highest BCUT2D eigenvalue weighted by atomic mass is 32.2. The van der Waals surface area contributed by atoms with E-state index in [1.54, 1.807) is 12.1 Å². The molecule has 0 unspecified atom stereocenters. The number of hydrogen-bond donors (Lipinski definition) is 2. The first-order chi connectivity index (χ1) is 15.6. The summed E-state index contributed by atoms with van der Waals surface area (Å²) in [4.78, 5) is 12.3. The molecule has 0 fully saturated rings. The Kier molecular flexibility index (Phi) is 9.73. The second-order valence-corrected chi connectivity index (χ2v) is 10.4. The molecule has 182 valence electrons. The van der Waals surface area contributed by atoms with Gasteiger partial charge in [0.25, 0.3) is 0 Å². The van der Waals surface area contributed by atoms with Crippen molar-refractivity contribution in [2.75, 3.05) is 26.3 Å². The summed E-state index contributed by atoms with van der Waals surface area (Å²) in [6, 6.07) is 12.6. The molecule has 0 spiro atoms. The Balaban J connectivity index is 1.79. The van der Waals surface area contributed by atoms with E-state index in [1.807, 2.05) is 44.2 Å². The molecule has 0 aromatic heterocycles. The van der Waals surface area contributed by atoms with Crippen molar-refractivity contribution < 1.29 is 22.7 Å². The maximum Gasteiger partial charge on any atom is 0.240 e. The van der Waals surface area contributed by atoms with Gasteiger partial charge in [0.05, 0.1) is 18.1 Å². The van der Waals surface area contributed by atoms with Crippen molar-refractivity contribution >= 4 is 15.9 Å². The van der Waals surface area contributed by atoms with Crippen LogP contribution in [-0.2, 0) is 26.7 Å². The Morgan fingerprint density at radius 1 is 0.909 bits per heavy atom. The van der Waals surface area contributed by atoms with E-state index < -0.39 is 10.0 Å². The molecular formula is C25H36N2O5S. The molecule has 0 bridgehead atoms. The number of rotatable bonds is 12. The Bertz CT molecular complexity index is 1010. The molecular weight excluding hydrogens is 440 g/mol. The molecule has 2 rings (SSSR count). The van der Waals surface area contributed by atoms with Crippen LogP contribution in [0.1, 0.15) is 52.2 Å². The lowest BCUT2D eigenvalue weighted by Crippen LogP contribution is -2.31. The molecule has 33 heavy (non-hydrogen) atoms. The Labute approximate surface area is 197 Å². The van der Waals surface area contributed by atoms with Gasteiger partial charge in [-0.05, 0) is 61.1 Å². The number of carbonyl (C=O) groups is 1. The van der Waals surface area contributed by atoms with Crippen molar-refractivity contribution in [2.24, 2.45) is 0 Å². The second-order valence-electron chi connectivity index (χ2n) is 8.67. The number of nitrogens with one attached hydrogen (secondary N) is 2. The Morgan fingerprint density at radius 2 is 1.55 bits per heavy atom. The van der Waals surface area contributed by atoms with Crippen LogP contribution in [0.5, 0.6) is 11.5 Å². The molecule has 0 atom stereocenters. The average Bonchev–Trinajstić information content (AvgIpc) is 2.75. The summed E-state index contributed by atoms with van der Waals surface area (Å²) in [6.07, 6.45) is 0.691. The van der Waals surface area contributed by atoms with Crippen LogP contribution in [0.2, 0.25) is 0 Å². The van der Waals surface area contributed by atoms with Gasteiger partial charge < -0.3 is 14.8 Å². The fourth-order valence-electron chi connectivity index (χ4n) is 3.20. The maximum absolute atomic E-state index is 12.5. The predicted molar refractivity (Wildman–Crippen MR) is 130 cm³/mol. The molecule has 0 radical (unpaired) electrons. The van der Waals surface area contributed by atoms with Crippen molar-refractivity contribution in [3.63, 3.8) is 0 Å². The van der Waals surface area contributed by atoms with Crippen LogP contribution in [-0.4, -0.2) is 40.6 Å². The molecule has 0 aliphatic rings. The van der Waals surface area contributed by atoms with E-state index in [4.69, 9.17) is 9.47 Å². The number of amides is 1. The minimum Gasteiger partial charge on any atom is -0.490 e. The van der Waals surface area contributed by atoms with Gasteiger partial charge in [-0.2, -0.15) is 0 Å². The lowest BCUT2D eigenvalue weighted by molar-refractivity contribution is -0.120. The molecule has 0 saturated carbocycles. The standard InChI is InChI=1S/C25H36N2O5S/c1-6-31-22-13-8-19(18-23(22)32-7-2)14-16-26-24(28)15-17-27-33(29,30)21-11-9-20(10-12-21)25(3,4)5/h8-13,18,27H,6-7,14-17H2,1-5H3,(H,26,28). The normalized spacial score (nSPS) is 11.8. The minimum absolute atomic E-state index is 0.0345. The zero-order chi connectivity index (χ0) is 24.5. The van der Waals surface area contributed by atoms with Gasteiger partial charge in [-0.25, -0.2) is 13.1 Å². The Hall–Kier alpha value is -2.58. The highest BCUT2D eigenvalue weighted by Crippen LogP contribution is 2.28. The van der Waals surface area contributed by atoms with Crippen LogP contribution >= 0.6 is 0 Å². The summed E-state index contributed by atoms with van der Waals surface area (Å²) in [6.45, 7) is 11.6. The number of hydrogen-bond acceptors (Lipinski definition) is 5. The van der Waals surface area contributed by atoms with Crippen molar-refractivity contribution in [1.29, 1.82) is 0 Å². The van der Waals surface area contributed by atoms with Gasteiger partial charge in [-0.15, -0.1) is 0 Å². The number of benzene rings is 2. The van der Waals surface area contributed by atoms with E-state index in [0.717, 1.165) is 11.1 Å². The third-order valence-corrected chi connectivity index (χ3v) is 6.50. The largest absolute Gasteiger partial charge is 0.490 e. The van der Waals surface area contributed by atoms with Gasteiger partial charge in [0.1, 0.15) is 0 Å². The molecule has 0 saturated heterocycles. The first kappa shape index (κ1) is 26.7. The number of ether oxygens (including phenoxy) is 2. The van der Waals surface area contributed by atoms with E-state index in [1.165, 1.54) is 0 Å². The van der Waals surface area contributed by atoms with Gasteiger partial charge >= 0.3 is 0 Å². The number of sulfonamides is 1. The molecule has 2 aromatic rings. The lowest BCUT2D eigenvalue weighted by atomic mass is 9.87. The summed E-state index contributed by atoms with van der Waals surface area (Å²) in [5.41, 5.74) is 2.02. The van der Waals surface area contributed by atoms with E-state index in [-0.39, 0.29) is 29.2 Å². The van der Waals surface area contributed by atoms with Gasteiger partial charge in [-0.1, -0.05) is 39.0 Å². The highest BCUT2D eigenvalue weighted by Gasteiger charge is 2.17. The predicted octanol–water partition coefficient (Wildman–Crippen LogP) is 3.81. The van der Waals surface area contributed by atoms with E-state index in [0.29, 0.717) is 37.7 Å². The number of carbonyl (C=O) groups excluding carboxylic acids is 1. The SMILES string of the molecule is CCOc1ccc(CCNC(=O)CCNS(=O)(=O)c2ccc(C(C)(C)C)cc2)cc1OCC. The molecule has 0 aliphatic heterocycles. The molecule has 7 nitrogen and oxygen atoms in total. The summed E-state index contributed by atoms with van der Waals surface area (Å²) in [5.74, 6) is 1.18. The second kappa shape index (κ2) is 12.0. The zero-order valence-corrected chi connectivity index (χ0v) is 21.1. The Morgan fingerprint density at radius 3 is 2.15 bits per heavy atom. The van der Waals surface area contributed by atoms with Crippen molar-refractivity contribution in [3.8, 4) is 11.5 Å². The quantitative estimate of drug-likeness (QED) is 0.486. The third kappa shape index (κ3) is 8.37. The van der Waals surface area contributed by atoms with Gasteiger partial charge in [-0.3, -0.25) is 4.79 Å².